The molecule has 7 nitrogen and oxygen atoms in total. The van der Waals surface area contributed by atoms with E-state index in [-0.39, 0.29) is 11.7 Å². The molecule has 0 aliphatic rings. The molecule has 0 aliphatic carbocycles. The molecule has 5 rings (SSSR count). The third kappa shape index (κ3) is 4.04. The van der Waals surface area contributed by atoms with Crippen molar-refractivity contribution in [3.8, 4) is 17.1 Å². The topological polar surface area (TPSA) is 88.7 Å². The van der Waals surface area contributed by atoms with E-state index in [2.05, 4.69) is 32.6 Å². The number of hydrogen-bond acceptors (Lipinski definition) is 5. The molecule has 160 valence electrons. The van der Waals surface area contributed by atoms with Crippen LogP contribution in [0.4, 0.5) is 0 Å². The van der Waals surface area contributed by atoms with E-state index in [0.29, 0.717) is 17.5 Å². The first-order valence-electron chi connectivity index (χ1n) is 10.2. The Morgan fingerprint density at radius 2 is 2.03 bits per heavy atom. The molecule has 8 heteroatoms. The number of H-pyrrole nitrogens is 1. The number of nitrogens with zero attached hydrogens (tertiary/aromatic N) is 3. The van der Waals surface area contributed by atoms with Gasteiger partial charge in [0.25, 0.3) is 0 Å². The Kier molecular flexibility index (Phi) is 5.51. The van der Waals surface area contributed by atoms with Crippen molar-refractivity contribution in [3.05, 3.63) is 84.4 Å². The molecule has 1 amide bonds. The summed E-state index contributed by atoms with van der Waals surface area (Å²) in [6.45, 7) is 2.41. The van der Waals surface area contributed by atoms with Crippen LogP contribution in [-0.4, -0.2) is 31.4 Å². The van der Waals surface area contributed by atoms with Crippen molar-refractivity contribution in [1.29, 1.82) is 0 Å². The minimum atomic E-state index is -0.0983. The molecule has 3 heterocycles. The van der Waals surface area contributed by atoms with E-state index < -0.39 is 0 Å². The highest BCUT2D eigenvalue weighted by Gasteiger charge is 2.19. The molecule has 0 spiro atoms. The fourth-order valence-corrected chi connectivity index (χ4v) is 4.36. The van der Waals surface area contributed by atoms with Crippen LogP contribution in [0, 0.1) is 6.92 Å². The van der Waals surface area contributed by atoms with Crippen LogP contribution in [0.5, 0.6) is 0 Å². The molecule has 2 N–H and O–H groups in total. The molecule has 0 saturated carbocycles. The number of fused-ring (bicyclic) bond motifs is 1. The Bertz CT molecular complexity index is 1370. The van der Waals surface area contributed by atoms with Crippen LogP contribution in [0.1, 0.15) is 11.3 Å². The van der Waals surface area contributed by atoms with Gasteiger partial charge in [0.05, 0.1) is 18.6 Å². The first-order chi connectivity index (χ1) is 15.7. The standard InChI is InChI=1S/C24H21N5O2S/c1-16-6-4-7-17(12-16)29-23(20-14-25-21-10-3-2-9-19(20)21)27-28-24(29)32-15-22(30)26-13-18-8-5-11-31-18/h2-12,14,25H,13,15H2,1H3,(H,26,30). The van der Waals surface area contributed by atoms with E-state index in [4.69, 9.17) is 4.42 Å². The molecule has 5 aromatic rings. The van der Waals surface area contributed by atoms with Gasteiger partial charge in [-0.05, 0) is 42.8 Å². The normalized spacial score (nSPS) is 11.2. The van der Waals surface area contributed by atoms with Gasteiger partial charge in [-0.1, -0.05) is 42.1 Å². The molecule has 0 saturated heterocycles. The van der Waals surface area contributed by atoms with Gasteiger partial charge in [0, 0.05) is 28.4 Å². The van der Waals surface area contributed by atoms with Crippen LogP contribution in [0.2, 0.25) is 0 Å². The van der Waals surface area contributed by atoms with Crippen LogP contribution in [0.3, 0.4) is 0 Å². The third-order valence-electron chi connectivity index (χ3n) is 5.10. The van der Waals surface area contributed by atoms with Gasteiger partial charge >= 0.3 is 0 Å². The molecule has 32 heavy (non-hydrogen) atoms. The number of benzene rings is 2. The molecule has 3 aromatic heterocycles. The largest absolute Gasteiger partial charge is 0.467 e. The molecule has 2 aromatic carbocycles. The van der Waals surface area contributed by atoms with Gasteiger partial charge in [0.15, 0.2) is 11.0 Å². The van der Waals surface area contributed by atoms with Crippen LogP contribution in [-0.2, 0) is 11.3 Å². The molecule has 0 radical (unpaired) electrons. The Balaban J connectivity index is 1.46. The highest BCUT2D eigenvalue weighted by Crippen LogP contribution is 2.32. The fourth-order valence-electron chi connectivity index (χ4n) is 3.57. The van der Waals surface area contributed by atoms with E-state index in [1.165, 1.54) is 11.8 Å². The zero-order valence-corrected chi connectivity index (χ0v) is 18.2. The number of amides is 1. The Hall–Kier alpha value is -3.78. The SMILES string of the molecule is Cc1cccc(-n2c(SCC(=O)NCc3ccco3)nnc2-c2c[nH]c3ccccc23)c1. The number of aromatic amines is 1. The van der Waals surface area contributed by atoms with E-state index in [9.17, 15) is 4.79 Å². The van der Waals surface area contributed by atoms with Gasteiger partial charge < -0.3 is 14.7 Å². The maximum Gasteiger partial charge on any atom is 0.230 e. The van der Waals surface area contributed by atoms with Crippen molar-refractivity contribution >= 4 is 28.6 Å². The van der Waals surface area contributed by atoms with Crippen LogP contribution < -0.4 is 5.32 Å². The van der Waals surface area contributed by atoms with Crippen LogP contribution >= 0.6 is 11.8 Å². The summed E-state index contributed by atoms with van der Waals surface area (Å²) in [5.74, 6) is 1.57. The van der Waals surface area contributed by atoms with Crippen molar-refractivity contribution in [1.82, 2.24) is 25.1 Å². The number of aromatic nitrogens is 4. The summed E-state index contributed by atoms with van der Waals surface area (Å²) in [6.07, 6.45) is 3.54. The van der Waals surface area contributed by atoms with Gasteiger partial charge in [-0.3, -0.25) is 9.36 Å². The maximum absolute atomic E-state index is 12.4. The van der Waals surface area contributed by atoms with Gasteiger partial charge in [0.1, 0.15) is 5.76 Å². The maximum atomic E-state index is 12.4. The van der Waals surface area contributed by atoms with Crippen molar-refractivity contribution in [2.75, 3.05) is 5.75 Å². The minimum Gasteiger partial charge on any atom is -0.467 e. The van der Waals surface area contributed by atoms with E-state index in [1.54, 1.807) is 12.3 Å². The Morgan fingerprint density at radius 1 is 1.12 bits per heavy atom. The van der Waals surface area contributed by atoms with Crippen LogP contribution in [0.25, 0.3) is 28.0 Å². The predicted molar refractivity (Wildman–Crippen MR) is 125 cm³/mol. The lowest BCUT2D eigenvalue weighted by Crippen LogP contribution is -2.24. The summed E-state index contributed by atoms with van der Waals surface area (Å²) < 4.78 is 7.27. The highest BCUT2D eigenvalue weighted by molar-refractivity contribution is 7.99. The first-order valence-corrected chi connectivity index (χ1v) is 11.2. The van der Waals surface area contributed by atoms with E-state index in [1.807, 2.05) is 60.2 Å². The number of hydrogen-bond donors (Lipinski definition) is 2. The third-order valence-corrected chi connectivity index (χ3v) is 6.02. The Morgan fingerprint density at radius 3 is 2.88 bits per heavy atom. The minimum absolute atomic E-state index is 0.0983. The molecular weight excluding hydrogens is 422 g/mol. The summed E-state index contributed by atoms with van der Waals surface area (Å²) in [4.78, 5) is 15.7. The van der Waals surface area contributed by atoms with Gasteiger partial charge in [-0.15, -0.1) is 10.2 Å². The highest BCUT2D eigenvalue weighted by atomic mass is 32.2. The number of thioether (sulfide) groups is 1. The zero-order valence-electron chi connectivity index (χ0n) is 17.4. The number of nitrogens with one attached hydrogen (secondary N) is 2. The summed E-state index contributed by atoms with van der Waals surface area (Å²) in [7, 11) is 0. The van der Waals surface area contributed by atoms with E-state index >= 15 is 0 Å². The second-order valence-corrected chi connectivity index (χ2v) is 8.32. The molecule has 0 bridgehead atoms. The number of rotatable bonds is 7. The van der Waals surface area contributed by atoms with Crippen molar-refractivity contribution in [2.45, 2.75) is 18.6 Å². The molecular formula is C24H21N5O2S. The predicted octanol–water partition coefficient (Wildman–Crippen LogP) is 4.73. The smallest absolute Gasteiger partial charge is 0.230 e. The van der Waals surface area contributed by atoms with Gasteiger partial charge in [-0.2, -0.15) is 0 Å². The fraction of sp³-hybridized carbons (Fsp3) is 0.125. The lowest BCUT2D eigenvalue weighted by molar-refractivity contribution is -0.118. The van der Waals surface area contributed by atoms with Crippen molar-refractivity contribution in [2.24, 2.45) is 0 Å². The van der Waals surface area contributed by atoms with Gasteiger partial charge in [0.2, 0.25) is 5.91 Å². The molecule has 0 atom stereocenters. The zero-order chi connectivity index (χ0) is 21.9. The number of para-hydroxylation sites is 1. The summed E-state index contributed by atoms with van der Waals surface area (Å²) >= 11 is 1.35. The summed E-state index contributed by atoms with van der Waals surface area (Å²) in [5.41, 5.74) is 4.08. The first kappa shape index (κ1) is 20.1. The quantitative estimate of drug-likeness (QED) is 0.355. The molecule has 0 unspecified atom stereocenters. The van der Waals surface area contributed by atoms with Crippen molar-refractivity contribution in [3.63, 3.8) is 0 Å². The van der Waals surface area contributed by atoms with Crippen LogP contribution in [0.15, 0.2) is 82.7 Å². The number of carbonyl (C=O) groups is 1. The van der Waals surface area contributed by atoms with E-state index in [0.717, 1.165) is 33.5 Å². The average molecular weight is 444 g/mol. The summed E-state index contributed by atoms with van der Waals surface area (Å²) in [6, 6.07) is 19.9. The van der Waals surface area contributed by atoms with Crippen molar-refractivity contribution < 1.29 is 9.21 Å². The second-order valence-electron chi connectivity index (χ2n) is 7.37. The molecule has 0 aliphatic heterocycles. The number of aryl methyl sites for hydroxylation is 1. The van der Waals surface area contributed by atoms with Gasteiger partial charge in [-0.25, -0.2) is 0 Å². The molecule has 0 fully saturated rings. The number of carbonyl (C=O) groups excluding carboxylic acids is 1. The monoisotopic (exact) mass is 443 g/mol. The Labute approximate surface area is 188 Å². The summed E-state index contributed by atoms with van der Waals surface area (Å²) in [5, 5.41) is 13.5. The lowest BCUT2D eigenvalue weighted by atomic mass is 10.1. The number of furan rings is 1. The second kappa shape index (κ2) is 8.76. The lowest BCUT2D eigenvalue weighted by Gasteiger charge is -2.11. The average Bonchev–Trinajstić information content (AvgIpc) is 3.55.